The number of imide groups is 1. The number of anilines is 1. The Labute approximate surface area is 138 Å². The zero-order chi connectivity index (χ0) is 17.3. The van der Waals surface area contributed by atoms with Gasteiger partial charge in [-0.05, 0) is 37.9 Å². The molecule has 2 atom stereocenters. The zero-order valence-corrected chi connectivity index (χ0v) is 13.3. The number of carbonyl (C=O) groups is 2. The van der Waals surface area contributed by atoms with Gasteiger partial charge in [-0.15, -0.1) is 0 Å². The van der Waals surface area contributed by atoms with Gasteiger partial charge in [0.15, 0.2) is 11.6 Å². The lowest BCUT2D eigenvalue weighted by Gasteiger charge is -2.38. The highest BCUT2D eigenvalue weighted by atomic mass is 19.2. The largest absolute Gasteiger partial charge is 0.396 e. The molecule has 130 valence electrons. The third kappa shape index (κ3) is 3.06. The predicted molar refractivity (Wildman–Crippen MR) is 83.3 cm³/mol. The normalized spacial score (nSPS) is 25.5. The third-order valence-electron chi connectivity index (χ3n) is 4.82. The van der Waals surface area contributed by atoms with Crippen molar-refractivity contribution in [3.05, 3.63) is 29.8 Å². The van der Waals surface area contributed by atoms with Gasteiger partial charge in [0.05, 0.1) is 18.2 Å². The van der Waals surface area contributed by atoms with Crippen molar-refractivity contribution in [3.63, 3.8) is 0 Å². The maximum atomic E-state index is 13.4. The molecule has 7 heteroatoms. The second-order valence-electron chi connectivity index (χ2n) is 6.29. The van der Waals surface area contributed by atoms with Crippen molar-refractivity contribution in [2.75, 3.05) is 18.1 Å². The number of piperidine rings is 1. The molecular formula is C17H20F2N2O3. The van der Waals surface area contributed by atoms with Gasteiger partial charge in [0.2, 0.25) is 5.91 Å². The van der Waals surface area contributed by atoms with E-state index >= 15 is 0 Å². The van der Waals surface area contributed by atoms with Gasteiger partial charge >= 0.3 is 0 Å². The van der Waals surface area contributed by atoms with E-state index in [1.54, 1.807) is 0 Å². The summed E-state index contributed by atoms with van der Waals surface area (Å²) in [7, 11) is 0. The van der Waals surface area contributed by atoms with Crippen LogP contribution in [-0.2, 0) is 9.59 Å². The molecule has 0 radical (unpaired) electrons. The minimum atomic E-state index is -1.09. The van der Waals surface area contributed by atoms with Crippen LogP contribution < -0.4 is 4.90 Å². The first-order valence-corrected chi connectivity index (χ1v) is 8.21. The summed E-state index contributed by atoms with van der Waals surface area (Å²) in [6.45, 7) is 0.725. The summed E-state index contributed by atoms with van der Waals surface area (Å²) in [5.41, 5.74) is 0.0575. The van der Waals surface area contributed by atoms with Crippen molar-refractivity contribution in [1.82, 2.24) is 4.90 Å². The Hall–Kier alpha value is -1.86. The number of halogens is 2. The third-order valence-corrected chi connectivity index (χ3v) is 4.82. The van der Waals surface area contributed by atoms with Crippen molar-refractivity contribution in [2.24, 2.45) is 0 Å². The number of carbonyl (C=O) groups excluding carboxylic acids is 2. The molecule has 2 aliphatic rings. The molecule has 2 saturated heterocycles. The molecule has 2 aliphatic heterocycles. The number of aliphatic hydroxyl groups excluding tert-OH is 1. The summed E-state index contributed by atoms with van der Waals surface area (Å²) in [5, 5.41) is 9.22. The molecule has 2 amide bonds. The van der Waals surface area contributed by atoms with Crippen LogP contribution >= 0.6 is 0 Å². The fraction of sp³-hybridized carbons (Fsp3) is 0.529. The molecule has 0 aliphatic carbocycles. The topological polar surface area (TPSA) is 60.9 Å². The molecular weight excluding hydrogens is 318 g/mol. The van der Waals surface area contributed by atoms with Crippen LogP contribution in [0.3, 0.4) is 0 Å². The molecule has 1 aromatic carbocycles. The van der Waals surface area contributed by atoms with E-state index < -0.39 is 29.5 Å². The van der Waals surface area contributed by atoms with Crippen LogP contribution in [0.2, 0.25) is 0 Å². The van der Waals surface area contributed by atoms with Crippen LogP contribution in [0.5, 0.6) is 0 Å². The molecule has 0 saturated carbocycles. The molecule has 0 aromatic heterocycles. The molecule has 24 heavy (non-hydrogen) atoms. The van der Waals surface area contributed by atoms with E-state index in [1.807, 2.05) is 4.90 Å². The number of aliphatic hydroxyl groups is 1. The number of likely N-dealkylation sites (tertiary alicyclic amines) is 1. The lowest BCUT2D eigenvalue weighted by Crippen LogP contribution is -2.50. The van der Waals surface area contributed by atoms with Crippen LogP contribution in [0.15, 0.2) is 18.2 Å². The first-order valence-electron chi connectivity index (χ1n) is 8.21. The first kappa shape index (κ1) is 17.0. The van der Waals surface area contributed by atoms with Crippen molar-refractivity contribution < 1.29 is 23.5 Å². The SMILES string of the molecule is O=C1C[C@H](N2CCCC[C@H]2CCO)C(=O)N1c1ccc(F)c(F)c1. The monoisotopic (exact) mass is 338 g/mol. The number of amides is 2. The highest BCUT2D eigenvalue weighted by molar-refractivity contribution is 6.22. The van der Waals surface area contributed by atoms with Gasteiger partial charge in [-0.2, -0.15) is 0 Å². The molecule has 3 rings (SSSR count). The number of rotatable bonds is 4. The van der Waals surface area contributed by atoms with Crippen LogP contribution in [-0.4, -0.2) is 47.1 Å². The number of hydrogen-bond donors (Lipinski definition) is 1. The van der Waals surface area contributed by atoms with Crippen LogP contribution in [0.1, 0.15) is 32.1 Å². The molecule has 0 unspecified atom stereocenters. The average molecular weight is 338 g/mol. The summed E-state index contributed by atoms with van der Waals surface area (Å²) in [6, 6.07) is 2.49. The lowest BCUT2D eigenvalue weighted by molar-refractivity contribution is -0.123. The van der Waals surface area contributed by atoms with E-state index in [2.05, 4.69) is 0 Å². The Morgan fingerprint density at radius 3 is 2.67 bits per heavy atom. The maximum absolute atomic E-state index is 13.4. The molecule has 2 fully saturated rings. The van der Waals surface area contributed by atoms with Crippen LogP contribution in [0.25, 0.3) is 0 Å². The van der Waals surface area contributed by atoms with E-state index in [4.69, 9.17) is 0 Å². The second kappa shape index (κ2) is 6.94. The van der Waals surface area contributed by atoms with Gasteiger partial charge in [-0.25, -0.2) is 13.7 Å². The zero-order valence-electron chi connectivity index (χ0n) is 13.3. The molecule has 1 aromatic rings. The summed E-state index contributed by atoms with van der Waals surface area (Å²) in [6.07, 6.45) is 3.43. The quantitative estimate of drug-likeness (QED) is 0.851. The van der Waals surface area contributed by atoms with E-state index in [0.29, 0.717) is 13.0 Å². The van der Waals surface area contributed by atoms with E-state index in [0.717, 1.165) is 36.3 Å². The van der Waals surface area contributed by atoms with Crippen molar-refractivity contribution >= 4 is 17.5 Å². The molecule has 5 nitrogen and oxygen atoms in total. The van der Waals surface area contributed by atoms with Crippen molar-refractivity contribution in [1.29, 1.82) is 0 Å². The fourth-order valence-electron chi connectivity index (χ4n) is 3.66. The average Bonchev–Trinajstić information content (AvgIpc) is 2.86. The Morgan fingerprint density at radius 2 is 1.96 bits per heavy atom. The highest BCUT2D eigenvalue weighted by Gasteiger charge is 2.45. The molecule has 0 spiro atoms. The van der Waals surface area contributed by atoms with Crippen molar-refractivity contribution in [3.8, 4) is 0 Å². The summed E-state index contributed by atoms with van der Waals surface area (Å²) >= 11 is 0. The van der Waals surface area contributed by atoms with Crippen LogP contribution in [0, 0.1) is 11.6 Å². The lowest BCUT2D eigenvalue weighted by atomic mass is 9.97. The number of benzene rings is 1. The summed E-state index contributed by atoms with van der Waals surface area (Å²) in [5.74, 6) is -2.93. The van der Waals surface area contributed by atoms with E-state index in [-0.39, 0.29) is 24.8 Å². The van der Waals surface area contributed by atoms with E-state index in [1.165, 1.54) is 6.07 Å². The maximum Gasteiger partial charge on any atom is 0.251 e. The molecule has 1 N–H and O–H groups in total. The fourth-order valence-corrected chi connectivity index (χ4v) is 3.66. The van der Waals surface area contributed by atoms with Gasteiger partial charge in [-0.1, -0.05) is 6.42 Å². The van der Waals surface area contributed by atoms with Gasteiger partial charge in [-0.3, -0.25) is 14.5 Å². The Balaban J connectivity index is 1.84. The first-order chi connectivity index (χ1) is 11.5. The minimum Gasteiger partial charge on any atom is -0.396 e. The van der Waals surface area contributed by atoms with Gasteiger partial charge in [0.1, 0.15) is 0 Å². The highest BCUT2D eigenvalue weighted by Crippen LogP contribution is 2.31. The standard InChI is InChI=1S/C17H20F2N2O3/c18-13-5-4-12(9-14(13)19)21-16(23)10-15(17(21)24)20-7-2-1-3-11(20)6-8-22/h4-5,9,11,15,22H,1-3,6-8,10H2/t11-,15-/m0/s1. The van der Waals surface area contributed by atoms with Gasteiger partial charge in [0, 0.05) is 18.7 Å². The summed E-state index contributed by atoms with van der Waals surface area (Å²) in [4.78, 5) is 28.0. The Kier molecular flexibility index (Phi) is 4.91. The number of hydrogen-bond acceptors (Lipinski definition) is 4. The Morgan fingerprint density at radius 1 is 1.17 bits per heavy atom. The number of nitrogens with zero attached hydrogens (tertiary/aromatic N) is 2. The smallest absolute Gasteiger partial charge is 0.251 e. The van der Waals surface area contributed by atoms with Crippen LogP contribution in [0.4, 0.5) is 14.5 Å². The predicted octanol–water partition coefficient (Wildman–Crippen LogP) is 1.83. The Bertz CT molecular complexity index is 651. The van der Waals surface area contributed by atoms with Gasteiger partial charge in [0.25, 0.3) is 5.91 Å². The van der Waals surface area contributed by atoms with Crippen molar-refractivity contribution in [2.45, 2.75) is 44.2 Å². The minimum absolute atomic E-state index is 0.0275. The second-order valence-corrected chi connectivity index (χ2v) is 6.29. The summed E-state index contributed by atoms with van der Waals surface area (Å²) < 4.78 is 26.5. The van der Waals surface area contributed by atoms with Gasteiger partial charge < -0.3 is 5.11 Å². The van der Waals surface area contributed by atoms with E-state index in [9.17, 15) is 23.5 Å². The molecule has 2 heterocycles. The molecule has 0 bridgehead atoms.